The second kappa shape index (κ2) is 6.69. The number of carbonyl (C=O) groups excluding carboxylic acids is 1. The van der Waals surface area contributed by atoms with Crippen LogP contribution < -0.4 is 10.9 Å². The number of aromatic amines is 1. The lowest BCUT2D eigenvalue weighted by Crippen LogP contribution is -2.18. The van der Waals surface area contributed by atoms with E-state index >= 15 is 0 Å². The monoisotopic (exact) mass is 361 g/mol. The molecule has 2 N–H and O–H groups in total. The Bertz CT molecular complexity index is 994. The molecule has 0 radical (unpaired) electrons. The largest absolute Gasteiger partial charge is 0.309 e. The number of nitrogens with one attached hydrogen (secondary N) is 2. The Balaban J connectivity index is 1.97. The van der Waals surface area contributed by atoms with Crippen LogP contribution in [-0.4, -0.2) is 39.9 Å². The topological polar surface area (TPSA) is 91.0 Å². The molecule has 0 aliphatic heterocycles. The van der Waals surface area contributed by atoms with Gasteiger partial charge in [-0.1, -0.05) is 0 Å². The van der Waals surface area contributed by atoms with Gasteiger partial charge in [-0.05, 0) is 38.7 Å². The SMILES string of the molecule is Cc1c(C(=O)Nc2ccc(F)cn2)sc2nc(CN(C)C)[nH]c(=O)c12. The van der Waals surface area contributed by atoms with Crippen LogP contribution in [0.4, 0.5) is 10.2 Å². The minimum atomic E-state index is -0.486. The first kappa shape index (κ1) is 17.2. The average molecular weight is 361 g/mol. The fraction of sp³-hybridized carbons (Fsp3) is 0.250. The van der Waals surface area contributed by atoms with Crippen molar-refractivity contribution < 1.29 is 9.18 Å². The molecule has 0 aromatic carbocycles. The Labute approximate surface area is 146 Å². The van der Waals surface area contributed by atoms with Crippen LogP contribution in [0.2, 0.25) is 0 Å². The molecule has 0 spiro atoms. The molecule has 1 amide bonds. The van der Waals surface area contributed by atoms with E-state index in [1.54, 1.807) is 6.92 Å². The second-order valence-corrected chi connectivity index (χ2v) is 6.80. The van der Waals surface area contributed by atoms with Gasteiger partial charge in [0.1, 0.15) is 22.3 Å². The van der Waals surface area contributed by atoms with Crippen molar-refractivity contribution in [3.63, 3.8) is 0 Å². The van der Waals surface area contributed by atoms with Crippen LogP contribution in [0.1, 0.15) is 21.1 Å². The molecule has 3 heterocycles. The van der Waals surface area contributed by atoms with Crippen LogP contribution in [0.3, 0.4) is 0 Å². The number of rotatable bonds is 4. The number of aryl methyl sites for hydroxylation is 1. The number of amides is 1. The summed E-state index contributed by atoms with van der Waals surface area (Å²) < 4.78 is 12.9. The molecule has 0 aliphatic carbocycles. The number of thiophene rings is 1. The van der Waals surface area contributed by atoms with E-state index in [-0.39, 0.29) is 11.4 Å². The standard InChI is InChI=1S/C16H16FN5O2S/c1-8-12-14(23)20-11(7-22(2)3)21-16(12)25-13(8)15(24)19-10-5-4-9(17)6-18-10/h4-6H,7H2,1-3H3,(H,18,19,24)(H,20,21,23). The predicted molar refractivity (Wildman–Crippen MR) is 94.5 cm³/mol. The number of halogens is 1. The van der Waals surface area contributed by atoms with E-state index in [2.05, 4.69) is 20.3 Å². The van der Waals surface area contributed by atoms with Gasteiger partial charge in [0.15, 0.2) is 0 Å². The Morgan fingerprint density at radius 3 is 2.80 bits per heavy atom. The van der Waals surface area contributed by atoms with Crippen LogP contribution >= 0.6 is 11.3 Å². The van der Waals surface area contributed by atoms with Gasteiger partial charge < -0.3 is 15.2 Å². The molecule has 3 aromatic rings. The normalized spacial score (nSPS) is 11.2. The molecule has 0 bridgehead atoms. The zero-order chi connectivity index (χ0) is 18.1. The molecule has 3 aromatic heterocycles. The third-order valence-corrected chi connectivity index (χ3v) is 4.68. The first-order valence-corrected chi connectivity index (χ1v) is 8.26. The number of nitrogens with zero attached hydrogens (tertiary/aromatic N) is 3. The summed E-state index contributed by atoms with van der Waals surface area (Å²) in [4.78, 5) is 38.6. The van der Waals surface area contributed by atoms with Gasteiger partial charge in [0.05, 0.1) is 23.0 Å². The summed E-state index contributed by atoms with van der Waals surface area (Å²) >= 11 is 1.15. The number of hydrogen-bond donors (Lipinski definition) is 2. The van der Waals surface area contributed by atoms with Crippen molar-refractivity contribution in [2.45, 2.75) is 13.5 Å². The van der Waals surface area contributed by atoms with E-state index in [1.807, 2.05) is 19.0 Å². The van der Waals surface area contributed by atoms with Gasteiger partial charge in [0, 0.05) is 0 Å². The maximum atomic E-state index is 12.9. The third-order valence-electron chi connectivity index (χ3n) is 3.49. The summed E-state index contributed by atoms with van der Waals surface area (Å²) in [6, 6.07) is 2.58. The van der Waals surface area contributed by atoms with E-state index in [0.29, 0.717) is 33.0 Å². The minimum Gasteiger partial charge on any atom is -0.309 e. The van der Waals surface area contributed by atoms with Gasteiger partial charge in [-0.15, -0.1) is 11.3 Å². The highest BCUT2D eigenvalue weighted by Crippen LogP contribution is 2.27. The third kappa shape index (κ3) is 3.57. The van der Waals surface area contributed by atoms with Gasteiger partial charge in [-0.2, -0.15) is 0 Å². The lowest BCUT2D eigenvalue weighted by atomic mass is 10.2. The molecular formula is C16H16FN5O2S. The molecule has 0 saturated carbocycles. The molecule has 25 heavy (non-hydrogen) atoms. The fourth-order valence-electron chi connectivity index (χ4n) is 2.40. The molecule has 130 valence electrons. The molecule has 3 rings (SSSR count). The Hall–Kier alpha value is -2.65. The van der Waals surface area contributed by atoms with Crippen LogP contribution in [0, 0.1) is 12.7 Å². The molecule has 0 atom stereocenters. The highest BCUT2D eigenvalue weighted by Gasteiger charge is 2.19. The van der Waals surface area contributed by atoms with Crippen LogP contribution in [0.25, 0.3) is 10.2 Å². The van der Waals surface area contributed by atoms with Crippen molar-refractivity contribution in [3.05, 3.63) is 50.8 Å². The molecule has 0 aliphatic rings. The van der Waals surface area contributed by atoms with Gasteiger partial charge in [0.2, 0.25) is 0 Å². The van der Waals surface area contributed by atoms with Crippen LogP contribution in [0.5, 0.6) is 0 Å². The number of hydrogen-bond acceptors (Lipinski definition) is 6. The highest BCUT2D eigenvalue weighted by atomic mass is 32.1. The number of anilines is 1. The number of H-pyrrole nitrogens is 1. The first-order chi connectivity index (χ1) is 11.8. The van der Waals surface area contributed by atoms with Crippen molar-refractivity contribution in [3.8, 4) is 0 Å². The summed E-state index contributed by atoms with van der Waals surface area (Å²) in [6.07, 6.45) is 1.02. The summed E-state index contributed by atoms with van der Waals surface area (Å²) in [5.74, 6) is -0.123. The maximum absolute atomic E-state index is 12.9. The second-order valence-electron chi connectivity index (χ2n) is 5.80. The van der Waals surface area contributed by atoms with Crippen molar-refractivity contribution in [1.82, 2.24) is 19.9 Å². The quantitative estimate of drug-likeness (QED) is 0.743. The summed E-state index contributed by atoms with van der Waals surface area (Å²) in [5.41, 5.74) is 0.291. The highest BCUT2D eigenvalue weighted by molar-refractivity contribution is 7.20. The Morgan fingerprint density at radius 1 is 1.40 bits per heavy atom. The molecule has 0 fully saturated rings. The van der Waals surface area contributed by atoms with E-state index in [9.17, 15) is 14.0 Å². The molecule has 0 unspecified atom stereocenters. The van der Waals surface area contributed by atoms with E-state index in [4.69, 9.17) is 0 Å². The number of pyridine rings is 1. The zero-order valence-electron chi connectivity index (χ0n) is 13.9. The fourth-order valence-corrected chi connectivity index (χ4v) is 3.50. The molecule has 9 heteroatoms. The average Bonchev–Trinajstić information content (AvgIpc) is 2.86. The number of fused-ring (bicyclic) bond motifs is 1. The Morgan fingerprint density at radius 2 is 2.16 bits per heavy atom. The molecule has 0 saturated heterocycles. The van der Waals surface area contributed by atoms with Gasteiger partial charge in [-0.3, -0.25) is 9.59 Å². The van der Waals surface area contributed by atoms with Gasteiger partial charge in [0.25, 0.3) is 11.5 Å². The predicted octanol–water partition coefficient (Wildman–Crippen LogP) is 2.14. The lowest BCUT2D eigenvalue weighted by molar-refractivity contribution is 0.102. The maximum Gasteiger partial charge on any atom is 0.267 e. The smallest absolute Gasteiger partial charge is 0.267 e. The molecule has 7 nitrogen and oxygen atoms in total. The van der Waals surface area contributed by atoms with Crippen molar-refractivity contribution >= 4 is 33.3 Å². The van der Waals surface area contributed by atoms with Crippen LogP contribution in [-0.2, 0) is 6.54 Å². The Kier molecular flexibility index (Phi) is 4.60. The summed E-state index contributed by atoms with van der Waals surface area (Å²) in [6.45, 7) is 2.19. The van der Waals surface area contributed by atoms with Crippen molar-refractivity contribution in [2.75, 3.05) is 19.4 Å². The van der Waals surface area contributed by atoms with Crippen LogP contribution in [0.15, 0.2) is 23.1 Å². The first-order valence-electron chi connectivity index (χ1n) is 7.45. The lowest BCUT2D eigenvalue weighted by Gasteiger charge is -2.07. The number of aromatic nitrogens is 3. The summed E-state index contributed by atoms with van der Waals surface area (Å²) in [5, 5.41) is 3.01. The van der Waals surface area contributed by atoms with Crippen molar-refractivity contribution in [2.24, 2.45) is 0 Å². The van der Waals surface area contributed by atoms with Gasteiger partial charge in [-0.25, -0.2) is 14.4 Å². The van der Waals surface area contributed by atoms with E-state index in [0.717, 1.165) is 17.5 Å². The van der Waals surface area contributed by atoms with Gasteiger partial charge >= 0.3 is 0 Å². The summed E-state index contributed by atoms with van der Waals surface area (Å²) in [7, 11) is 3.75. The van der Waals surface area contributed by atoms with E-state index < -0.39 is 11.7 Å². The zero-order valence-corrected chi connectivity index (χ0v) is 14.7. The molecular weight excluding hydrogens is 345 g/mol. The number of carbonyl (C=O) groups is 1. The van der Waals surface area contributed by atoms with Crippen molar-refractivity contribution in [1.29, 1.82) is 0 Å². The minimum absolute atomic E-state index is 0.235. The van der Waals surface area contributed by atoms with E-state index in [1.165, 1.54) is 12.1 Å².